The van der Waals surface area contributed by atoms with Gasteiger partial charge in [-0.2, -0.15) is 10.2 Å². The zero-order valence-electron chi connectivity index (χ0n) is 15.5. The van der Waals surface area contributed by atoms with Gasteiger partial charge in [-0.05, 0) is 42.3 Å². The highest BCUT2D eigenvalue weighted by Crippen LogP contribution is 2.37. The number of nitriles is 1. The van der Waals surface area contributed by atoms with Gasteiger partial charge in [-0.15, -0.1) is 0 Å². The summed E-state index contributed by atoms with van der Waals surface area (Å²) in [6.07, 6.45) is 0.0424. The molecule has 0 bridgehead atoms. The molecule has 0 amide bonds. The van der Waals surface area contributed by atoms with E-state index in [2.05, 4.69) is 21.1 Å². The lowest BCUT2D eigenvalue weighted by Crippen LogP contribution is -2.24. The largest absolute Gasteiger partial charge is 0.454 e. The normalized spacial score (nSPS) is 20.7. The number of benzene rings is 2. The van der Waals surface area contributed by atoms with Gasteiger partial charge in [0.05, 0.1) is 23.8 Å². The first kappa shape index (κ1) is 17.7. The lowest BCUT2D eigenvalue weighted by molar-refractivity contribution is 0.169. The van der Waals surface area contributed by atoms with Crippen molar-refractivity contribution >= 4 is 0 Å². The second-order valence-corrected chi connectivity index (χ2v) is 7.17. The van der Waals surface area contributed by atoms with Crippen molar-refractivity contribution in [3.05, 3.63) is 59.5 Å². The van der Waals surface area contributed by atoms with Crippen molar-refractivity contribution in [3.63, 3.8) is 0 Å². The summed E-state index contributed by atoms with van der Waals surface area (Å²) >= 11 is 0. The third kappa shape index (κ3) is 3.42. The first-order valence-corrected chi connectivity index (χ1v) is 9.34. The van der Waals surface area contributed by atoms with Crippen LogP contribution in [0.3, 0.4) is 0 Å². The summed E-state index contributed by atoms with van der Waals surface area (Å²) in [6, 6.07) is 14.9. The Hall–Kier alpha value is -3.41. The number of hydrogen-bond acceptors (Lipinski definition) is 8. The first-order valence-electron chi connectivity index (χ1n) is 9.34. The SMILES string of the molecule is N#Cc1cccc(CN2C[C@H](O)C[C@H]2c2nc(-c3ccc4c(c3)OCO4)no2)c1. The van der Waals surface area contributed by atoms with Crippen molar-refractivity contribution in [3.8, 4) is 29.0 Å². The van der Waals surface area contributed by atoms with Gasteiger partial charge in [0.15, 0.2) is 11.5 Å². The summed E-state index contributed by atoms with van der Waals surface area (Å²) in [7, 11) is 0. The average molecular weight is 390 g/mol. The molecule has 3 aromatic rings. The molecule has 8 heteroatoms. The van der Waals surface area contributed by atoms with Crippen molar-refractivity contribution in [2.24, 2.45) is 0 Å². The minimum atomic E-state index is -0.472. The average Bonchev–Trinajstić information content (AvgIpc) is 3.47. The Labute approximate surface area is 166 Å². The van der Waals surface area contributed by atoms with E-state index in [1.165, 1.54) is 0 Å². The number of aliphatic hydroxyl groups is 1. The van der Waals surface area contributed by atoms with Gasteiger partial charge in [0.1, 0.15) is 0 Å². The Morgan fingerprint density at radius 1 is 1.17 bits per heavy atom. The van der Waals surface area contributed by atoms with Gasteiger partial charge < -0.3 is 19.1 Å². The van der Waals surface area contributed by atoms with E-state index in [0.29, 0.717) is 48.3 Å². The molecule has 2 aromatic carbocycles. The Bertz CT molecular complexity index is 1090. The molecule has 1 fully saturated rings. The molecule has 1 aromatic heterocycles. The number of ether oxygens (including phenoxy) is 2. The van der Waals surface area contributed by atoms with Gasteiger partial charge in [0.2, 0.25) is 18.5 Å². The monoisotopic (exact) mass is 390 g/mol. The van der Waals surface area contributed by atoms with E-state index in [9.17, 15) is 5.11 Å². The molecule has 0 unspecified atom stereocenters. The van der Waals surface area contributed by atoms with Gasteiger partial charge in [-0.25, -0.2) is 0 Å². The van der Waals surface area contributed by atoms with E-state index in [1.54, 1.807) is 6.07 Å². The van der Waals surface area contributed by atoms with Crippen LogP contribution in [0, 0.1) is 11.3 Å². The van der Waals surface area contributed by atoms with E-state index in [1.807, 2.05) is 36.4 Å². The minimum Gasteiger partial charge on any atom is -0.454 e. The summed E-state index contributed by atoms with van der Waals surface area (Å²) in [4.78, 5) is 6.66. The molecule has 1 saturated heterocycles. The number of aliphatic hydroxyl groups excluding tert-OH is 1. The summed E-state index contributed by atoms with van der Waals surface area (Å²) in [6.45, 7) is 1.29. The maximum atomic E-state index is 10.2. The molecular formula is C21H18N4O4. The Kier molecular flexibility index (Phi) is 4.39. The van der Waals surface area contributed by atoms with E-state index >= 15 is 0 Å². The van der Waals surface area contributed by atoms with Gasteiger partial charge in [-0.3, -0.25) is 4.90 Å². The van der Waals surface area contributed by atoms with Crippen LogP contribution in [0.1, 0.15) is 29.5 Å². The van der Waals surface area contributed by atoms with Crippen LogP contribution in [0.15, 0.2) is 47.0 Å². The summed E-state index contributed by atoms with van der Waals surface area (Å²) < 4.78 is 16.3. The second kappa shape index (κ2) is 7.20. The first-order chi connectivity index (χ1) is 14.2. The number of rotatable bonds is 4. The maximum Gasteiger partial charge on any atom is 0.244 e. The number of fused-ring (bicyclic) bond motifs is 1. The maximum absolute atomic E-state index is 10.2. The molecule has 2 aliphatic heterocycles. The zero-order valence-corrected chi connectivity index (χ0v) is 15.5. The number of β-amino-alcohol motifs (C(OH)–C–C–N with tert-alkyl or cyclic N) is 1. The molecule has 2 aliphatic rings. The highest BCUT2D eigenvalue weighted by molar-refractivity contribution is 5.61. The summed E-state index contributed by atoms with van der Waals surface area (Å²) in [5.74, 6) is 2.28. The van der Waals surface area contributed by atoms with Gasteiger partial charge in [0.25, 0.3) is 0 Å². The lowest BCUT2D eigenvalue weighted by atomic mass is 10.1. The number of likely N-dealkylation sites (tertiary alicyclic amines) is 1. The summed E-state index contributed by atoms with van der Waals surface area (Å²) in [5.41, 5.74) is 2.39. The van der Waals surface area contributed by atoms with E-state index in [4.69, 9.17) is 19.3 Å². The van der Waals surface area contributed by atoms with Crippen LogP contribution in [-0.4, -0.2) is 39.6 Å². The highest BCUT2D eigenvalue weighted by atomic mass is 16.7. The molecule has 1 N–H and O–H groups in total. The third-order valence-electron chi connectivity index (χ3n) is 5.18. The fourth-order valence-corrected chi connectivity index (χ4v) is 3.81. The zero-order chi connectivity index (χ0) is 19.8. The fourth-order valence-electron chi connectivity index (χ4n) is 3.81. The van der Waals surface area contributed by atoms with Crippen molar-refractivity contribution < 1.29 is 19.1 Å². The standard InChI is InChI=1S/C21H18N4O4/c22-9-13-2-1-3-14(6-13)10-25-11-16(26)8-17(25)21-23-20(24-29-21)15-4-5-18-19(7-15)28-12-27-18/h1-7,16-17,26H,8,10-12H2/t16-,17+/m1/s1. The molecule has 3 heterocycles. The van der Waals surface area contributed by atoms with Crippen LogP contribution in [0.2, 0.25) is 0 Å². The number of nitrogens with zero attached hydrogens (tertiary/aromatic N) is 4. The molecule has 0 radical (unpaired) electrons. The molecule has 0 spiro atoms. The van der Waals surface area contributed by atoms with Crippen molar-refractivity contribution in [2.45, 2.75) is 25.1 Å². The Balaban J connectivity index is 1.38. The molecule has 2 atom stereocenters. The topological polar surface area (TPSA) is 105 Å². The molecule has 0 saturated carbocycles. The Morgan fingerprint density at radius 3 is 2.97 bits per heavy atom. The van der Waals surface area contributed by atoms with Gasteiger partial charge >= 0.3 is 0 Å². The fraction of sp³-hybridized carbons (Fsp3) is 0.286. The van der Waals surface area contributed by atoms with E-state index in [0.717, 1.165) is 11.1 Å². The molecular weight excluding hydrogens is 372 g/mol. The van der Waals surface area contributed by atoms with E-state index < -0.39 is 6.10 Å². The second-order valence-electron chi connectivity index (χ2n) is 7.17. The van der Waals surface area contributed by atoms with Crippen LogP contribution in [0.25, 0.3) is 11.4 Å². The molecule has 29 heavy (non-hydrogen) atoms. The molecule has 5 rings (SSSR count). The van der Waals surface area contributed by atoms with Crippen molar-refractivity contribution in [2.75, 3.05) is 13.3 Å². The van der Waals surface area contributed by atoms with Crippen LogP contribution in [0.4, 0.5) is 0 Å². The predicted octanol–water partition coefficient (Wildman–Crippen LogP) is 2.64. The minimum absolute atomic E-state index is 0.189. The molecule has 146 valence electrons. The predicted molar refractivity (Wildman–Crippen MR) is 101 cm³/mol. The van der Waals surface area contributed by atoms with Crippen molar-refractivity contribution in [1.82, 2.24) is 15.0 Å². The van der Waals surface area contributed by atoms with Gasteiger partial charge in [0, 0.05) is 18.7 Å². The summed E-state index contributed by atoms with van der Waals surface area (Å²) in [5, 5.41) is 23.5. The third-order valence-corrected chi connectivity index (χ3v) is 5.18. The van der Waals surface area contributed by atoms with Crippen molar-refractivity contribution in [1.29, 1.82) is 5.26 Å². The van der Waals surface area contributed by atoms with Crippen LogP contribution >= 0.6 is 0 Å². The number of hydrogen-bond donors (Lipinski definition) is 1. The highest BCUT2D eigenvalue weighted by Gasteiger charge is 2.36. The molecule has 8 nitrogen and oxygen atoms in total. The molecule has 0 aliphatic carbocycles. The van der Waals surface area contributed by atoms with E-state index in [-0.39, 0.29) is 12.8 Å². The number of aromatic nitrogens is 2. The van der Waals surface area contributed by atoms with Gasteiger partial charge in [-0.1, -0.05) is 17.3 Å². The van der Waals surface area contributed by atoms with Crippen LogP contribution < -0.4 is 9.47 Å². The van der Waals surface area contributed by atoms with Crippen LogP contribution in [0.5, 0.6) is 11.5 Å². The Morgan fingerprint density at radius 2 is 2.07 bits per heavy atom. The lowest BCUT2D eigenvalue weighted by Gasteiger charge is -2.21. The quantitative estimate of drug-likeness (QED) is 0.725. The van der Waals surface area contributed by atoms with Crippen LogP contribution in [-0.2, 0) is 6.54 Å². The smallest absolute Gasteiger partial charge is 0.244 e.